The van der Waals surface area contributed by atoms with E-state index < -0.39 is 0 Å². The fraction of sp³-hybridized carbons (Fsp3) is 0.583. The molecule has 2 rings (SSSR count). The predicted octanol–water partition coefficient (Wildman–Crippen LogP) is 1.08. The van der Waals surface area contributed by atoms with Gasteiger partial charge < -0.3 is 10.2 Å². The first kappa shape index (κ1) is 13.1. The number of hydrogen-bond acceptors (Lipinski definition) is 5. The third kappa shape index (κ3) is 2.75. The van der Waals surface area contributed by atoms with Crippen LogP contribution in [0, 0.1) is 12.8 Å². The zero-order valence-electron chi connectivity index (χ0n) is 10.9. The molecule has 1 saturated heterocycles. The van der Waals surface area contributed by atoms with Crippen LogP contribution in [0.1, 0.15) is 12.1 Å². The van der Waals surface area contributed by atoms with Gasteiger partial charge in [0, 0.05) is 31.9 Å². The Morgan fingerprint density at radius 2 is 2.33 bits per heavy atom. The number of amides is 1. The summed E-state index contributed by atoms with van der Waals surface area (Å²) in [6, 6.07) is 1.98. The molecule has 1 aliphatic rings. The molecule has 1 unspecified atom stereocenters. The molecule has 1 N–H and O–H groups in total. The van der Waals surface area contributed by atoms with Gasteiger partial charge in [0.2, 0.25) is 5.91 Å². The van der Waals surface area contributed by atoms with Crippen molar-refractivity contribution in [1.82, 2.24) is 15.3 Å². The first-order valence-electron chi connectivity index (χ1n) is 6.00. The van der Waals surface area contributed by atoms with Crippen molar-refractivity contribution in [3.05, 3.63) is 11.8 Å². The van der Waals surface area contributed by atoms with Crippen LogP contribution < -0.4 is 10.2 Å². The van der Waals surface area contributed by atoms with Gasteiger partial charge in [0.15, 0.2) is 5.16 Å². The van der Waals surface area contributed by atoms with Crippen LogP contribution in [0.2, 0.25) is 0 Å². The van der Waals surface area contributed by atoms with Crippen LogP contribution in [-0.4, -0.2) is 42.3 Å². The number of aryl methyl sites for hydroxylation is 1. The van der Waals surface area contributed by atoms with Gasteiger partial charge >= 0.3 is 0 Å². The highest BCUT2D eigenvalue weighted by molar-refractivity contribution is 7.98. The summed E-state index contributed by atoms with van der Waals surface area (Å²) in [6.07, 6.45) is 2.85. The van der Waals surface area contributed by atoms with Crippen molar-refractivity contribution in [2.24, 2.45) is 5.92 Å². The minimum atomic E-state index is 0.0722. The van der Waals surface area contributed by atoms with E-state index in [9.17, 15) is 4.79 Å². The molecular formula is C12H18N4OS. The van der Waals surface area contributed by atoms with Crippen molar-refractivity contribution in [3.63, 3.8) is 0 Å². The zero-order valence-corrected chi connectivity index (χ0v) is 11.8. The maximum atomic E-state index is 11.6. The molecule has 0 radical (unpaired) electrons. The van der Waals surface area contributed by atoms with E-state index >= 15 is 0 Å². The van der Waals surface area contributed by atoms with Gasteiger partial charge in [-0.25, -0.2) is 9.97 Å². The molecule has 2 heterocycles. The lowest BCUT2D eigenvalue weighted by molar-refractivity contribution is -0.123. The Labute approximate surface area is 111 Å². The average molecular weight is 266 g/mol. The largest absolute Gasteiger partial charge is 0.359 e. The van der Waals surface area contributed by atoms with Crippen LogP contribution in [0.4, 0.5) is 5.82 Å². The lowest BCUT2D eigenvalue weighted by Gasteiger charge is -2.18. The van der Waals surface area contributed by atoms with Crippen LogP contribution in [0.15, 0.2) is 11.2 Å². The fourth-order valence-corrected chi connectivity index (χ4v) is 2.59. The highest BCUT2D eigenvalue weighted by Crippen LogP contribution is 2.24. The second-order valence-corrected chi connectivity index (χ2v) is 5.17. The lowest BCUT2D eigenvalue weighted by atomic mass is 10.1. The molecule has 1 atom stereocenters. The van der Waals surface area contributed by atoms with E-state index in [1.165, 1.54) is 11.8 Å². The highest BCUT2D eigenvalue weighted by atomic mass is 32.2. The summed E-state index contributed by atoms with van der Waals surface area (Å²) in [7, 11) is 1.69. The molecule has 5 nitrogen and oxygen atoms in total. The third-order valence-corrected chi connectivity index (χ3v) is 3.68. The molecule has 1 aromatic heterocycles. The molecule has 6 heteroatoms. The van der Waals surface area contributed by atoms with Gasteiger partial charge in [-0.05, 0) is 19.6 Å². The Morgan fingerprint density at radius 1 is 1.56 bits per heavy atom. The molecule has 0 saturated carbocycles. The summed E-state index contributed by atoms with van der Waals surface area (Å²) in [5.41, 5.74) is 0.966. The molecule has 0 aliphatic carbocycles. The van der Waals surface area contributed by atoms with E-state index in [0.29, 0.717) is 0 Å². The Balaban J connectivity index is 2.14. The Bertz CT molecular complexity index is 452. The molecule has 1 aliphatic heterocycles. The van der Waals surface area contributed by atoms with Crippen molar-refractivity contribution >= 4 is 23.5 Å². The van der Waals surface area contributed by atoms with Crippen LogP contribution >= 0.6 is 11.8 Å². The molecule has 1 aromatic rings. The number of anilines is 1. The van der Waals surface area contributed by atoms with E-state index in [1.807, 2.05) is 19.2 Å². The van der Waals surface area contributed by atoms with Gasteiger partial charge in [-0.15, -0.1) is 0 Å². The lowest BCUT2D eigenvalue weighted by Crippen LogP contribution is -2.30. The van der Waals surface area contributed by atoms with Gasteiger partial charge in [-0.3, -0.25) is 4.79 Å². The zero-order chi connectivity index (χ0) is 13.1. The molecule has 0 aromatic carbocycles. The van der Waals surface area contributed by atoms with Crippen LogP contribution in [0.3, 0.4) is 0 Å². The van der Waals surface area contributed by atoms with E-state index in [0.717, 1.165) is 36.2 Å². The van der Waals surface area contributed by atoms with Crippen LogP contribution in [0.25, 0.3) is 0 Å². The molecule has 0 bridgehead atoms. The van der Waals surface area contributed by atoms with E-state index in [4.69, 9.17) is 0 Å². The molecule has 98 valence electrons. The summed E-state index contributed by atoms with van der Waals surface area (Å²) >= 11 is 1.54. The first-order valence-corrected chi connectivity index (χ1v) is 7.22. The van der Waals surface area contributed by atoms with Crippen molar-refractivity contribution in [2.75, 3.05) is 31.3 Å². The average Bonchev–Trinajstić information content (AvgIpc) is 2.86. The quantitative estimate of drug-likeness (QED) is 0.655. The highest BCUT2D eigenvalue weighted by Gasteiger charge is 2.28. The summed E-state index contributed by atoms with van der Waals surface area (Å²) in [4.78, 5) is 22.6. The van der Waals surface area contributed by atoms with Gasteiger partial charge in [0.05, 0.1) is 5.92 Å². The number of thioether (sulfide) groups is 1. The van der Waals surface area contributed by atoms with Gasteiger partial charge in [-0.1, -0.05) is 11.8 Å². The monoisotopic (exact) mass is 266 g/mol. The summed E-state index contributed by atoms with van der Waals surface area (Å²) < 4.78 is 0. The SMILES string of the molecule is CNC(=O)C1CCN(c2cc(C)nc(SC)n2)C1. The molecule has 0 spiro atoms. The fourth-order valence-electron chi connectivity index (χ4n) is 2.17. The Morgan fingerprint density at radius 3 is 3.00 bits per heavy atom. The first-order chi connectivity index (χ1) is 8.63. The molecule has 1 amide bonds. The Kier molecular flexibility index (Phi) is 4.06. The van der Waals surface area contributed by atoms with Crippen LogP contribution in [-0.2, 0) is 4.79 Å². The summed E-state index contributed by atoms with van der Waals surface area (Å²) in [6.45, 7) is 3.59. The second kappa shape index (κ2) is 5.56. The minimum Gasteiger partial charge on any atom is -0.359 e. The number of carbonyl (C=O) groups is 1. The van der Waals surface area contributed by atoms with Gasteiger partial charge in [0.25, 0.3) is 0 Å². The van der Waals surface area contributed by atoms with E-state index in [2.05, 4.69) is 20.2 Å². The standard InChI is InChI=1S/C12H18N4OS/c1-8-6-10(15-12(14-8)18-3)16-5-4-9(7-16)11(17)13-2/h6,9H,4-5,7H2,1-3H3,(H,13,17). The minimum absolute atomic E-state index is 0.0722. The molecular weight excluding hydrogens is 248 g/mol. The number of aromatic nitrogens is 2. The predicted molar refractivity (Wildman–Crippen MR) is 72.9 cm³/mol. The number of carbonyl (C=O) groups excluding carboxylic acids is 1. The third-order valence-electron chi connectivity index (χ3n) is 3.13. The second-order valence-electron chi connectivity index (χ2n) is 4.40. The van der Waals surface area contributed by atoms with Crippen molar-refractivity contribution in [3.8, 4) is 0 Å². The van der Waals surface area contributed by atoms with Crippen molar-refractivity contribution < 1.29 is 4.79 Å². The topological polar surface area (TPSA) is 58.1 Å². The maximum absolute atomic E-state index is 11.6. The molecule has 1 fully saturated rings. The van der Waals surface area contributed by atoms with E-state index in [1.54, 1.807) is 7.05 Å². The van der Waals surface area contributed by atoms with Crippen molar-refractivity contribution in [2.45, 2.75) is 18.5 Å². The Hall–Kier alpha value is -1.30. The maximum Gasteiger partial charge on any atom is 0.224 e. The summed E-state index contributed by atoms with van der Waals surface area (Å²) in [5.74, 6) is 1.12. The number of hydrogen-bond donors (Lipinski definition) is 1. The van der Waals surface area contributed by atoms with Gasteiger partial charge in [-0.2, -0.15) is 0 Å². The number of nitrogens with zero attached hydrogens (tertiary/aromatic N) is 3. The molecule has 18 heavy (non-hydrogen) atoms. The number of nitrogens with one attached hydrogen (secondary N) is 1. The summed E-state index contributed by atoms with van der Waals surface area (Å²) in [5, 5.41) is 3.50. The van der Waals surface area contributed by atoms with Gasteiger partial charge in [0.1, 0.15) is 5.82 Å². The van der Waals surface area contributed by atoms with E-state index in [-0.39, 0.29) is 11.8 Å². The van der Waals surface area contributed by atoms with Crippen molar-refractivity contribution in [1.29, 1.82) is 0 Å². The number of rotatable bonds is 3. The smallest absolute Gasteiger partial charge is 0.224 e. The normalized spacial score (nSPS) is 19.1. The van der Waals surface area contributed by atoms with Crippen LogP contribution in [0.5, 0.6) is 0 Å².